The Morgan fingerprint density at radius 1 is 1.07 bits per heavy atom. The van der Waals surface area contributed by atoms with Crippen LogP contribution in [0.2, 0.25) is 0 Å². The Bertz CT molecular complexity index is 1170. The summed E-state index contributed by atoms with van der Waals surface area (Å²) in [6.07, 6.45) is 2.64. The maximum absolute atomic E-state index is 12.7. The van der Waals surface area contributed by atoms with Crippen molar-refractivity contribution in [3.8, 4) is 11.3 Å². The maximum atomic E-state index is 12.7. The molecule has 1 saturated heterocycles. The van der Waals surface area contributed by atoms with Crippen molar-refractivity contribution in [3.63, 3.8) is 0 Å². The summed E-state index contributed by atoms with van der Waals surface area (Å²) in [5.41, 5.74) is 0.253. The van der Waals surface area contributed by atoms with E-state index in [4.69, 9.17) is 8.83 Å². The van der Waals surface area contributed by atoms with Crippen molar-refractivity contribution in [2.75, 3.05) is 0 Å². The number of barbiturate groups is 1. The number of nitrogens with one attached hydrogen (secondary N) is 1. The number of hydrogen-bond acceptors (Lipinski definition) is 7. The molecule has 0 radical (unpaired) electrons. The molecule has 4 rings (SSSR count). The van der Waals surface area contributed by atoms with Gasteiger partial charge in [0.05, 0.1) is 17.7 Å². The number of furan rings is 2. The van der Waals surface area contributed by atoms with Crippen LogP contribution in [-0.2, 0) is 16.1 Å². The molecule has 150 valence electrons. The summed E-state index contributed by atoms with van der Waals surface area (Å²) in [7, 11) is 0. The highest BCUT2D eigenvalue weighted by molar-refractivity contribution is 6.30. The molecule has 1 N–H and O–H groups in total. The third-order valence-corrected chi connectivity index (χ3v) is 4.36. The number of nitro benzene ring substituents is 1. The number of urea groups is 1. The number of rotatable bonds is 5. The smallest absolute Gasteiger partial charge is 0.331 e. The molecule has 2 aromatic heterocycles. The summed E-state index contributed by atoms with van der Waals surface area (Å²) < 4.78 is 10.8. The zero-order chi connectivity index (χ0) is 21.3. The Balaban J connectivity index is 1.59. The van der Waals surface area contributed by atoms with Crippen LogP contribution in [0.15, 0.2) is 69.2 Å². The van der Waals surface area contributed by atoms with Crippen LogP contribution in [0.1, 0.15) is 11.5 Å². The Kier molecular flexibility index (Phi) is 4.72. The van der Waals surface area contributed by atoms with Gasteiger partial charge in [-0.15, -0.1) is 0 Å². The number of imide groups is 2. The molecule has 3 heterocycles. The molecular weight excluding hydrogens is 394 g/mol. The fourth-order valence-electron chi connectivity index (χ4n) is 2.87. The molecule has 30 heavy (non-hydrogen) atoms. The molecule has 1 aromatic carbocycles. The van der Waals surface area contributed by atoms with Gasteiger partial charge in [-0.1, -0.05) is 0 Å². The van der Waals surface area contributed by atoms with E-state index in [1.54, 1.807) is 18.2 Å². The Morgan fingerprint density at radius 3 is 2.50 bits per heavy atom. The molecule has 1 aliphatic heterocycles. The molecule has 1 aliphatic rings. The highest BCUT2D eigenvalue weighted by Gasteiger charge is 2.36. The maximum Gasteiger partial charge on any atom is 0.331 e. The summed E-state index contributed by atoms with van der Waals surface area (Å²) in [5, 5.41) is 12.9. The number of nitro groups is 1. The normalized spacial score (nSPS) is 15.5. The number of nitrogens with zero attached hydrogens (tertiary/aromatic N) is 2. The van der Waals surface area contributed by atoms with Crippen LogP contribution in [0.4, 0.5) is 10.5 Å². The molecular formula is C20H13N3O7. The summed E-state index contributed by atoms with van der Waals surface area (Å²) >= 11 is 0. The van der Waals surface area contributed by atoms with Crippen LogP contribution in [0.25, 0.3) is 17.4 Å². The zero-order valence-electron chi connectivity index (χ0n) is 15.2. The molecule has 10 nitrogen and oxygen atoms in total. The number of amides is 4. The lowest BCUT2D eigenvalue weighted by Gasteiger charge is -2.25. The molecule has 0 spiro atoms. The summed E-state index contributed by atoms with van der Waals surface area (Å²) in [6.45, 7) is -0.130. The molecule has 4 amide bonds. The first-order valence-corrected chi connectivity index (χ1v) is 8.68. The molecule has 1 fully saturated rings. The van der Waals surface area contributed by atoms with Crippen LogP contribution >= 0.6 is 0 Å². The minimum atomic E-state index is -0.843. The van der Waals surface area contributed by atoms with E-state index in [0.29, 0.717) is 17.1 Å². The molecule has 0 aliphatic carbocycles. The molecule has 10 heteroatoms. The van der Waals surface area contributed by atoms with Gasteiger partial charge in [0.2, 0.25) is 0 Å². The van der Waals surface area contributed by atoms with Crippen LogP contribution in [0.3, 0.4) is 0 Å². The van der Waals surface area contributed by atoms with Gasteiger partial charge in [0.1, 0.15) is 22.9 Å². The number of carbonyl (C=O) groups is 3. The van der Waals surface area contributed by atoms with Gasteiger partial charge in [-0.2, -0.15) is 0 Å². The average Bonchev–Trinajstić information content (AvgIpc) is 3.40. The van der Waals surface area contributed by atoms with Crippen molar-refractivity contribution in [2.45, 2.75) is 6.54 Å². The van der Waals surface area contributed by atoms with Crippen molar-refractivity contribution in [3.05, 3.63) is 82.0 Å². The van der Waals surface area contributed by atoms with Gasteiger partial charge >= 0.3 is 6.03 Å². The van der Waals surface area contributed by atoms with Crippen LogP contribution < -0.4 is 5.32 Å². The monoisotopic (exact) mass is 407 g/mol. The average molecular weight is 407 g/mol. The summed E-state index contributed by atoms with van der Waals surface area (Å²) in [5.74, 6) is -0.647. The van der Waals surface area contributed by atoms with E-state index in [1.807, 2.05) is 0 Å². The van der Waals surface area contributed by atoms with Crippen molar-refractivity contribution < 1.29 is 28.1 Å². The zero-order valence-corrected chi connectivity index (χ0v) is 15.2. The predicted molar refractivity (Wildman–Crippen MR) is 102 cm³/mol. The quantitative estimate of drug-likeness (QED) is 0.297. The van der Waals surface area contributed by atoms with E-state index >= 15 is 0 Å². The first kappa shape index (κ1) is 18.9. The number of benzene rings is 1. The second kappa shape index (κ2) is 7.51. The van der Waals surface area contributed by atoms with E-state index in [0.717, 1.165) is 4.90 Å². The minimum absolute atomic E-state index is 0.0570. The molecule has 3 aromatic rings. The van der Waals surface area contributed by atoms with Crippen molar-refractivity contribution in [1.82, 2.24) is 10.2 Å². The van der Waals surface area contributed by atoms with Crippen LogP contribution in [0.5, 0.6) is 0 Å². The fourth-order valence-corrected chi connectivity index (χ4v) is 2.87. The van der Waals surface area contributed by atoms with E-state index in [9.17, 15) is 24.5 Å². The first-order chi connectivity index (χ1) is 14.4. The predicted octanol–water partition coefficient (Wildman–Crippen LogP) is 3.11. The summed E-state index contributed by atoms with van der Waals surface area (Å²) in [4.78, 5) is 48.0. The lowest BCUT2D eigenvalue weighted by atomic mass is 10.1. The highest BCUT2D eigenvalue weighted by Crippen LogP contribution is 2.26. The highest BCUT2D eigenvalue weighted by atomic mass is 16.6. The van der Waals surface area contributed by atoms with Gasteiger partial charge < -0.3 is 8.83 Å². The van der Waals surface area contributed by atoms with Crippen LogP contribution in [-0.4, -0.2) is 27.7 Å². The van der Waals surface area contributed by atoms with E-state index < -0.39 is 22.8 Å². The van der Waals surface area contributed by atoms with Crippen LogP contribution in [0, 0.1) is 10.1 Å². The first-order valence-electron chi connectivity index (χ1n) is 8.68. The lowest BCUT2D eigenvalue weighted by molar-refractivity contribution is -0.384. The Morgan fingerprint density at radius 2 is 1.83 bits per heavy atom. The Hall–Kier alpha value is -4.47. The topological polar surface area (TPSA) is 136 Å². The standard InChI is InChI=1S/C20H13N3O7/c24-18-16(19(25)22(20(26)21-18)11-15-2-1-9-29-15)10-14-7-8-17(30-14)12-3-5-13(6-4-12)23(27)28/h1-10H,11H2,(H,21,24,26)/b16-10+. The Labute approximate surface area is 168 Å². The van der Waals surface area contributed by atoms with Gasteiger partial charge in [-0.05, 0) is 42.5 Å². The van der Waals surface area contributed by atoms with Gasteiger partial charge in [0.25, 0.3) is 17.5 Å². The second-order valence-corrected chi connectivity index (χ2v) is 6.29. The van der Waals surface area contributed by atoms with Crippen molar-refractivity contribution in [2.24, 2.45) is 0 Å². The SMILES string of the molecule is O=C1NC(=O)N(Cc2ccco2)C(=O)/C1=C/c1ccc(-c2ccc([N+](=O)[O-])cc2)o1. The number of hydrogen-bond donors (Lipinski definition) is 1. The lowest BCUT2D eigenvalue weighted by Crippen LogP contribution is -2.53. The van der Waals surface area contributed by atoms with Gasteiger partial charge in [-0.25, -0.2) is 4.79 Å². The van der Waals surface area contributed by atoms with Crippen molar-refractivity contribution in [1.29, 1.82) is 0 Å². The molecule has 0 bridgehead atoms. The fraction of sp³-hybridized carbons (Fsp3) is 0.0500. The third-order valence-electron chi connectivity index (χ3n) is 4.36. The van der Waals surface area contributed by atoms with Gasteiger partial charge in [0.15, 0.2) is 0 Å². The second-order valence-electron chi connectivity index (χ2n) is 6.29. The largest absolute Gasteiger partial charge is 0.467 e. The molecule has 0 atom stereocenters. The van der Waals surface area contributed by atoms with Gasteiger partial charge in [0, 0.05) is 17.7 Å². The third kappa shape index (κ3) is 3.61. The number of non-ortho nitro benzene ring substituents is 1. The van der Waals surface area contributed by atoms with Gasteiger partial charge in [-0.3, -0.25) is 29.9 Å². The van der Waals surface area contributed by atoms with E-state index in [-0.39, 0.29) is 23.6 Å². The molecule has 0 unspecified atom stereocenters. The molecule has 0 saturated carbocycles. The van der Waals surface area contributed by atoms with E-state index in [1.165, 1.54) is 42.7 Å². The summed E-state index contributed by atoms with van der Waals surface area (Å²) in [6, 6.07) is 11.2. The number of carbonyl (C=O) groups excluding carboxylic acids is 3. The van der Waals surface area contributed by atoms with E-state index in [2.05, 4.69) is 5.32 Å². The minimum Gasteiger partial charge on any atom is -0.467 e. The van der Waals surface area contributed by atoms with Crippen molar-refractivity contribution >= 4 is 29.6 Å².